The molecule has 0 aliphatic carbocycles. The molecule has 27 heavy (non-hydrogen) atoms. The highest BCUT2D eigenvalue weighted by atomic mass is 32.2. The highest BCUT2D eigenvalue weighted by molar-refractivity contribution is 7.99. The first-order valence-electron chi connectivity index (χ1n) is 8.98. The van der Waals surface area contributed by atoms with Crippen LogP contribution in [0.15, 0.2) is 58.3 Å². The summed E-state index contributed by atoms with van der Waals surface area (Å²) < 4.78 is 37.2. The highest BCUT2D eigenvalue weighted by Gasteiger charge is 2.34. The fraction of sp³-hybridized carbons (Fsp3) is 0.400. The average Bonchev–Trinajstić information content (AvgIpc) is 2.70. The van der Waals surface area contributed by atoms with E-state index in [0.717, 1.165) is 22.6 Å². The molecular formula is C20H25NO4S2. The molecule has 2 aromatic carbocycles. The first kappa shape index (κ1) is 20.2. The molecular weight excluding hydrogens is 382 g/mol. The van der Waals surface area contributed by atoms with Gasteiger partial charge in [-0.05, 0) is 48.9 Å². The highest BCUT2D eigenvalue weighted by Crippen LogP contribution is 2.38. The van der Waals surface area contributed by atoms with Crippen molar-refractivity contribution in [3.05, 3.63) is 54.1 Å². The predicted molar refractivity (Wildman–Crippen MR) is 109 cm³/mol. The van der Waals surface area contributed by atoms with E-state index in [4.69, 9.17) is 9.47 Å². The summed E-state index contributed by atoms with van der Waals surface area (Å²) in [6.45, 7) is 3.03. The van der Waals surface area contributed by atoms with Crippen molar-refractivity contribution in [3.8, 4) is 0 Å². The van der Waals surface area contributed by atoms with Crippen molar-refractivity contribution in [2.24, 2.45) is 0 Å². The molecule has 1 N–H and O–H groups in total. The van der Waals surface area contributed by atoms with E-state index in [1.165, 1.54) is 5.56 Å². The lowest BCUT2D eigenvalue weighted by Crippen LogP contribution is -2.35. The van der Waals surface area contributed by atoms with Crippen LogP contribution in [-0.4, -0.2) is 34.5 Å². The van der Waals surface area contributed by atoms with Crippen molar-refractivity contribution in [1.29, 1.82) is 0 Å². The Labute approximate surface area is 165 Å². The summed E-state index contributed by atoms with van der Waals surface area (Å²) in [4.78, 5) is 2.17. The number of sulfonamides is 1. The summed E-state index contributed by atoms with van der Waals surface area (Å²) in [5.74, 6) is 0.0581. The Morgan fingerprint density at radius 3 is 2.44 bits per heavy atom. The van der Waals surface area contributed by atoms with Crippen LogP contribution in [-0.2, 0) is 25.1 Å². The van der Waals surface area contributed by atoms with Crippen molar-refractivity contribution in [2.45, 2.75) is 35.2 Å². The zero-order chi connectivity index (χ0) is 19.3. The lowest BCUT2D eigenvalue weighted by Gasteiger charge is -2.36. The van der Waals surface area contributed by atoms with Crippen LogP contribution in [0, 0.1) is 0 Å². The lowest BCUT2D eigenvalue weighted by atomic mass is 9.86. The Balaban J connectivity index is 1.74. The van der Waals surface area contributed by atoms with Crippen molar-refractivity contribution in [1.82, 2.24) is 0 Å². The molecule has 0 unspecified atom stereocenters. The molecule has 3 rings (SSSR count). The van der Waals surface area contributed by atoms with Crippen molar-refractivity contribution in [3.63, 3.8) is 0 Å². The van der Waals surface area contributed by atoms with Gasteiger partial charge in [0.25, 0.3) is 0 Å². The van der Waals surface area contributed by atoms with E-state index in [-0.39, 0.29) is 11.4 Å². The van der Waals surface area contributed by atoms with E-state index in [1.807, 2.05) is 12.1 Å². The van der Waals surface area contributed by atoms with E-state index in [0.29, 0.717) is 18.9 Å². The van der Waals surface area contributed by atoms with Gasteiger partial charge in [0.1, 0.15) is 0 Å². The summed E-state index contributed by atoms with van der Waals surface area (Å²) in [6.07, 6.45) is 1.70. The molecule has 1 saturated heterocycles. The number of rotatable bonds is 7. The standard InChI is InChI=1S/C20H25NO4S2/c1-3-27(22,23)21-17-7-9-18(10-8-17)26-19-6-4-5-16(15-19)20(24-2)11-13-25-14-12-20/h4-10,15,21H,3,11-14H2,1-2H3. The van der Waals surface area contributed by atoms with Gasteiger partial charge in [-0.2, -0.15) is 0 Å². The summed E-state index contributed by atoms with van der Waals surface area (Å²) in [5, 5.41) is 0. The first-order chi connectivity index (χ1) is 13.0. The summed E-state index contributed by atoms with van der Waals surface area (Å²) in [7, 11) is -1.49. The molecule has 0 amide bonds. The van der Waals surface area contributed by atoms with Gasteiger partial charge in [-0.1, -0.05) is 23.9 Å². The van der Waals surface area contributed by atoms with Crippen LogP contribution in [0.5, 0.6) is 0 Å². The van der Waals surface area contributed by atoms with Gasteiger partial charge in [-0.15, -0.1) is 0 Å². The van der Waals surface area contributed by atoms with Gasteiger partial charge < -0.3 is 9.47 Å². The Bertz CT molecular complexity index is 860. The van der Waals surface area contributed by atoms with E-state index in [2.05, 4.69) is 29.0 Å². The topological polar surface area (TPSA) is 64.6 Å². The number of anilines is 1. The monoisotopic (exact) mass is 407 g/mol. The molecule has 0 aromatic heterocycles. The Morgan fingerprint density at radius 2 is 1.81 bits per heavy atom. The molecule has 0 atom stereocenters. The molecule has 146 valence electrons. The van der Waals surface area contributed by atoms with Crippen molar-refractivity contribution < 1.29 is 17.9 Å². The maximum atomic E-state index is 11.7. The summed E-state index contributed by atoms with van der Waals surface area (Å²) >= 11 is 1.64. The molecule has 1 fully saturated rings. The number of nitrogens with one attached hydrogen (secondary N) is 1. The zero-order valence-electron chi connectivity index (χ0n) is 15.6. The molecule has 1 aliphatic rings. The minimum atomic E-state index is -3.25. The maximum absolute atomic E-state index is 11.7. The van der Waals surface area contributed by atoms with E-state index in [9.17, 15) is 8.42 Å². The average molecular weight is 408 g/mol. The van der Waals surface area contributed by atoms with Gasteiger partial charge in [0, 0.05) is 48.6 Å². The molecule has 0 saturated carbocycles. The number of methoxy groups -OCH3 is 1. The van der Waals surface area contributed by atoms with E-state index >= 15 is 0 Å². The molecule has 0 spiro atoms. The minimum Gasteiger partial charge on any atom is -0.381 e. The first-order valence-corrected chi connectivity index (χ1v) is 11.4. The number of hydrogen-bond acceptors (Lipinski definition) is 5. The molecule has 0 bridgehead atoms. The molecule has 5 nitrogen and oxygen atoms in total. The second kappa shape index (κ2) is 8.65. The second-order valence-electron chi connectivity index (χ2n) is 6.47. The van der Waals surface area contributed by atoms with Crippen LogP contribution in [0.4, 0.5) is 5.69 Å². The smallest absolute Gasteiger partial charge is 0.232 e. The quantitative estimate of drug-likeness (QED) is 0.743. The lowest BCUT2D eigenvalue weighted by molar-refractivity contribution is -0.0948. The van der Waals surface area contributed by atoms with Crippen LogP contribution in [0.3, 0.4) is 0 Å². The normalized spacial score (nSPS) is 16.8. The van der Waals surface area contributed by atoms with Crippen molar-refractivity contribution >= 4 is 27.5 Å². The van der Waals surface area contributed by atoms with Gasteiger partial charge in [0.05, 0.1) is 11.4 Å². The van der Waals surface area contributed by atoms with Crippen LogP contribution in [0.1, 0.15) is 25.3 Å². The second-order valence-corrected chi connectivity index (χ2v) is 9.63. The molecule has 1 heterocycles. The van der Waals surface area contributed by atoms with Crippen molar-refractivity contribution in [2.75, 3.05) is 30.8 Å². The third kappa shape index (κ3) is 5.04. The fourth-order valence-electron chi connectivity index (χ4n) is 3.13. The third-order valence-corrected chi connectivity index (χ3v) is 7.10. The van der Waals surface area contributed by atoms with Gasteiger partial charge in [0.15, 0.2) is 0 Å². The van der Waals surface area contributed by atoms with Crippen LogP contribution in [0.25, 0.3) is 0 Å². The number of hydrogen-bond donors (Lipinski definition) is 1. The van der Waals surface area contributed by atoms with Gasteiger partial charge in [-0.3, -0.25) is 4.72 Å². The molecule has 2 aromatic rings. The molecule has 0 radical (unpaired) electrons. The molecule has 1 aliphatic heterocycles. The van der Waals surface area contributed by atoms with Gasteiger partial charge >= 0.3 is 0 Å². The van der Waals surface area contributed by atoms with E-state index < -0.39 is 10.0 Å². The number of benzene rings is 2. The fourth-order valence-corrected chi connectivity index (χ4v) is 4.65. The van der Waals surface area contributed by atoms with Crippen LogP contribution < -0.4 is 4.72 Å². The van der Waals surface area contributed by atoms with Crippen LogP contribution >= 0.6 is 11.8 Å². The summed E-state index contributed by atoms with van der Waals surface area (Å²) in [5.41, 5.74) is 1.47. The third-order valence-electron chi connectivity index (χ3n) is 4.79. The Hall–Kier alpha value is -1.54. The SMILES string of the molecule is CCS(=O)(=O)Nc1ccc(Sc2cccc(C3(OC)CCOCC3)c2)cc1. The van der Waals surface area contributed by atoms with Gasteiger partial charge in [0.2, 0.25) is 10.0 Å². The predicted octanol–water partition coefficient (Wildman–Crippen LogP) is 4.25. The van der Waals surface area contributed by atoms with Crippen LogP contribution in [0.2, 0.25) is 0 Å². The maximum Gasteiger partial charge on any atom is 0.232 e. The zero-order valence-corrected chi connectivity index (χ0v) is 17.2. The molecule has 7 heteroatoms. The minimum absolute atomic E-state index is 0.0581. The Kier molecular flexibility index (Phi) is 6.47. The largest absolute Gasteiger partial charge is 0.381 e. The van der Waals surface area contributed by atoms with Gasteiger partial charge in [-0.25, -0.2) is 8.42 Å². The Morgan fingerprint density at radius 1 is 1.11 bits per heavy atom. The number of ether oxygens (including phenoxy) is 2. The summed E-state index contributed by atoms with van der Waals surface area (Å²) in [6, 6.07) is 15.8. The van der Waals surface area contributed by atoms with E-state index in [1.54, 1.807) is 37.9 Å².